The second-order valence-corrected chi connectivity index (χ2v) is 7.69. The van der Waals surface area contributed by atoms with Crippen LogP contribution in [0.3, 0.4) is 0 Å². The molecule has 0 saturated heterocycles. The maximum atomic E-state index is 12.0. The summed E-state index contributed by atoms with van der Waals surface area (Å²) in [4.78, 5) is 12.0. The molecular formula is C21H20BrClN2O. The number of halogens is 2. The lowest BCUT2D eigenvalue weighted by Crippen LogP contribution is -2.13. The summed E-state index contributed by atoms with van der Waals surface area (Å²) in [5.41, 5.74) is 11.4. The van der Waals surface area contributed by atoms with E-state index in [2.05, 4.69) is 32.6 Å². The Labute approximate surface area is 166 Å². The smallest absolute Gasteiger partial charge is 0.250 e. The molecule has 0 radical (unpaired) electrons. The summed E-state index contributed by atoms with van der Waals surface area (Å²) in [6.07, 6.45) is 0.841. The fraction of sp³-hybridized carbons (Fsp3) is 0.190. The number of primary amides is 1. The van der Waals surface area contributed by atoms with Gasteiger partial charge in [0, 0.05) is 21.7 Å². The van der Waals surface area contributed by atoms with Crippen molar-refractivity contribution in [3.8, 4) is 11.3 Å². The minimum Gasteiger partial charge on any atom is -0.366 e. The van der Waals surface area contributed by atoms with Gasteiger partial charge in [-0.2, -0.15) is 0 Å². The van der Waals surface area contributed by atoms with E-state index in [1.165, 1.54) is 5.56 Å². The molecule has 5 heteroatoms. The fourth-order valence-corrected chi connectivity index (χ4v) is 3.80. The van der Waals surface area contributed by atoms with E-state index in [1.807, 2.05) is 50.2 Å². The molecule has 3 nitrogen and oxygen atoms in total. The summed E-state index contributed by atoms with van der Waals surface area (Å²) >= 11 is 9.44. The lowest BCUT2D eigenvalue weighted by Gasteiger charge is -2.13. The maximum absolute atomic E-state index is 12.0. The average Bonchev–Trinajstić information content (AvgIpc) is 2.85. The largest absolute Gasteiger partial charge is 0.366 e. The summed E-state index contributed by atoms with van der Waals surface area (Å²) in [5.74, 6) is -0.386. The van der Waals surface area contributed by atoms with Gasteiger partial charge in [-0.15, -0.1) is 0 Å². The van der Waals surface area contributed by atoms with Crippen molar-refractivity contribution in [1.29, 1.82) is 0 Å². The highest BCUT2D eigenvalue weighted by Crippen LogP contribution is 2.32. The molecule has 3 aromatic rings. The van der Waals surface area contributed by atoms with Crippen molar-refractivity contribution < 1.29 is 4.79 Å². The number of nitrogens with zero attached hydrogens (tertiary/aromatic N) is 1. The topological polar surface area (TPSA) is 48.0 Å². The number of aromatic nitrogens is 1. The number of aryl methyl sites for hydroxylation is 1. The number of benzene rings is 2. The van der Waals surface area contributed by atoms with Crippen LogP contribution >= 0.6 is 27.5 Å². The fourth-order valence-electron chi connectivity index (χ4n) is 3.41. The number of carbonyl (C=O) groups excluding carboxylic acids is 1. The second-order valence-electron chi connectivity index (χ2n) is 6.33. The van der Waals surface area contributed by atoms with E-state index >= 15 is 0 Å². The third kappa shape index (κ3) is 3.71. The zero-order valence-corrected chi connectivity index (χ0v) is 17.1. The molecule has 0 aliphatic carbocycles. The zero-order valence-electron chi connectivity index (χ0n) is 14.7. The van der Waals surface area contributed by atoms with E-state index in [0.717, 1.165) is 45.0 Å². The lowest BCUT2D eigenvalue weighted by molar-refractivity contribution is 0.0999. The summed E-state index contributed by atoms with van der Waals surface area (Å²) in [6, 6.07) is 16.0. The summed E-state index contributed by atoms with van der Waals surface area (Å²) in [7, 11) is 0. The van der Waals surface area contributed by atoms with Gasteiger partial charge in [-0.3, -0.25) is 4.79 Å². The lowest BCUT2D eigenvalue weighted by atomic mass is 10.0. The Bertz CT molecular complexity index is 944. The Hall–Kier alpha value is -2.04. The van der Waals surface area contributed by atoms with Crippen LogP contribution < -0.4 is 5.73 Å². The van der Waals surface area contributed by atoms with Crippen LogP contribution in [-0.4, -0.2) is 10.5 Å². The molecule has 0 saturated carbocycles. The molecule has 0 fully saturated rings. The van der Waals surface area contributed by atoms with E-state index in [0.29, 0.717) is 5.56 Å². The highest BCUT2D eigenvalue weighted by molar-refractivity contribution is 9.10. The number of carbonyl (C=O) groups is 1. The van der Waals surface area contributed by atoms with Gasteiger partial charge >= 0.3 is 0 Å². The molecule has 0 bridgehead atoms. The first-order valence-electron chi connectivity index (χ1n) is 8.38. The van der Waals surface area contributed by atoms with Gasteiger partial charge in [0.1, 0.15) is 0 Å². The number of hydrogen-bond donors (Lipinski definition) is 1. The van der Waals surface area contributed by atoms with Crippen LogP contribution in [0.2, 0.25) is 5.02 Å². The molecule has 2 aromatic carbocycles. The molecule has 0 aliphatic rings. The molecule has 1 aromatic heterocycles. The van der Waals surface area contributed by atoms with Crippen LogP contribution in [0, 0.1) is 13.8 Å². The first-order valence-corrected chi connectivity index (χ1v) is 9.55. The molecule has 3 rings (SSSR count). The van der Waals surface area contributed by atoms with Crippen molar-refractivity contribution in [3.63, 3.8) is 0 Å². The minimum atomic E-state index is -0.386. The Morgan fingerprint density at radius 3 is 2.27 bits per heavy atom. The Kier molecular flexibility index (Phi) is 5.54. The quantitative estimate of drug-likeness (QED) is 0.567. The number of amides is 1. The van der Waals surface area contributed by atoms with E-state index < -0.39 is 0 Å². The first-order chi connectivity index (χ1) is 12.4. The van der Waals surface area contributed by atoms with Crippen molar-refractivity contribution in [2.24, 2.45) is 5.73 Å². The van der Waals surface area contributed by atoms with E-state index in [1.54, 1.807) is 0 Å². The SMILES string of the molecule is Cc1c(C(N)=O)c(C)n(CCc2ccc(Cl)cc2)c1-c1ccc(Br)cc1. The van der Waals surface area contributed by atoms with Crippen LogP contribution in [0.15, 0.2) is 53.0 Å². The monoisotopic (exact) mass is 430 g/mol. The molecule has 134 valence electrons. The summed E-state index contributed by atoms with van der Waals surface area (Å²) in [5, 5.41) is 0.730. The Morgan fingerprint density at radius 2 is 1.69 bits per heavy atom. The molecule has 0 aliphatic heterocycles. The van der Waals surface area contributed by atoms with E-state index in [9.17, 15) is 4.79 Å². The highest BCUT2D eigenvalue weighted by atomic mass is 79.9. The Morgan fingerprint density at radius 1 is 1.08 bits per heavy atom. The summed E-state index contributed by atoms with van der Waals surface area (Å²) < 4.78 is 3.21. The summed E-state index contributed by atoms with van der Waals surface area (Å²) in [6.45, 7) is 4.67. The van der Waals surface area contributed by atoms with Gasteiger partial charge in [-0.05, 0) is 61.2 Å². The van der Waals surface area contributed by atoms with Crippen LogP contribution in [0.5, 0.6) is 0 Å². The van der Waals surface area contributed by atoms with Crippen LogP contribution in [0.25, 0.3) is 11.3 Å². The molecule has 1 amide bonds. The van der Waals surface area contributed by atoms with Crippen molar-refractivity contribution in [2.45, 2.75) is 26.8 Å². The van der Waals surface area contributed by atoms with Gasteiger partial charge in [-0.25, -0.2) is 0 Å². The first kappa shape index (κ1) is 18.7. The standard InChI is InChI=1S/C21H20BrClN2O/c1-13-19(21(24)26)14(2)25(12-11-15-3-9-18(23)10-4-15)20(13)16-5-7-17(22)8-6-16/h3-10H,11-12H2,1-2H3,(H2,24,26). The number of rotatable bonds is 5. The van der Waals surface area contributed by atoms with Gasteiger partial charge < -0.3 is 10.3 Å². The molecule has 26 heavy (non-hydrogen) atoms. The second kappa shape index (κ2) is 7.68. The van der Waals surface area contributed by atoms with Gasteiger partial charge in [0.2, 0.25) is 0 Å². The van der Waals surface area contributed by atoms with Crippen molar-refractivity contribution in [1.82, 2.24) is 4.57 Å². The maximum Gasteiger partial charge on any atom is 0.250 e. The van der Waals surface area contributed by atoms with Crippen molar-refractivity contribution in [2.75, 3.05) is 0 Å². The van der Waals surface area contributed by atoms with Crippen molar-refractivity contribution >= 4 is 33.4 Å². The normalized spacial score (nSPS) is 10.9. The zero-order chi connectivity index (χ0) is 18.8. The van der Waals surface area contributed by atoms with Crippen molar-refractivity contribution in [3.05, 3.63) is 80.4 Å². The predicted molar refractivity (Wildman–Crippen MR) is 111 cm³/mol. The number of hydrogen-bond acceptors (Lipinski definition) is 1. The third-order valence-corrected chi connectivity index (χ3v) is 5.45. The molecule has 0 unspecified atom stereocenters. The number of nitrogens with two attached hydrogens (primary N) is 1. The van der Waals surface area contributed by atoms with Gasteiger partial charge in [0.05, 0.1) is 11.3 Å². The third-order valence-electron chi connectivity index (χ3n) is 4.67. The van der Waals surface area contributed by atoms with E-state index in [4.69, 9.17) is 17.3 Å². The van der Waals surface area contributed by atoms with Crippen LogP contribution in [0.1, 0.15) is 27.2 Å². The van der Waals surface area contributed by atoms with Gasteiger partial charge in [0.25, 0.3) is 5.91 Å². The van der Waals surface area contributed by atoms with E-state index in [-0.39, 0.29) is 5.91 Å². The molecule has 0 spiro atoms. The Balaban J connectivity index is 2.04. The molecule has 2 N–H and O–H groups in total. The van der Waals surface area contributed by atoms with Crippen LogP contribution in [0.4, 0.5) is 0 Å². The molecule has 0 atom stereocenters. The molecule has 1 heterocycles. The average molecular weight is 432 g/mol. The van der Waals surface area contributed by atoms with Crippen LogP contribution in [-0.2, 0) is 13.0 Å². The minimum absolute atomic E-state index is 0.386. The van der Waals surface area contributed by atoms with Gasteiger partial charge in [0.15, 0.2) is 0 Å². The predicted octanol–water partition coefficient (Wildman–Crippen LogP) is 5.53. The van der Waals surface area contributed by atoms with Gasteiger partial charge in [-0.1, -0.05) is 51.8 Å². The highest BCUT2D eigenvalue weighted by Gasteiger charge is 2.21. The molecular weight excluding hydrogens is 412 g/mol.